The molecule has 2 heterocycles. The molecular weight excluding hydrogens is 721 g/mol. The summed E-state index contributed by atoms with van der Waals surface area (Å²) in [5.41, 5.74) is 17.0. The first-order valence-corrected chi connectivity index (χ1v) is 20.8. The van der Waals surface area contributed by atoms with Crippen molar-refractivity contribution < 1.29 is 0 Å². The van der Waals surface area contributed by atoms with Crippen LogP contribution in [0.25, 0.3) is 108 Å². The van der Waals surface area contributed by atoms with E-state index in [1.165, 1.54) is 97.7 Å². The fourth-order valence-corrected chi connectivity index (χ4v) is 10.8. The highest BCUT2D eigenvalue weighted by atomic mass is 32.1. The van der Waals surface area contributed by atoms with Gasteiger partial charge in [0.25, 0.3) is 0 Å². The summed E-state index contributed by atoms with van der Waals surface area (Å²) < 4.78 is 2.68. The average Bonchev–Trinajstić information content (AvgIpc) is 3.78. The lowest BCUT2D eigenvalue weighted by atomic mass is 9.80. The first-order valence-electron chi connectivity index (χ1n) is 20.0. The third kappa shape index (κ3) is 4.97. The highest BCUT2D eigenvalue weighted by Crippen LogP contribution is 2.51. The Kier molecular flexibility index (Phi) is 7.18. The van der Waals surface area contributed by atoms with Crippen LogP contribution in [0.3, 0.4) is 0 Å². The molecule has 2 nitrogen and oxygen atoms in total. The molecule has 11 aromatic rings. The predicted molar refractivity (Wildman–Crippen MR) is 247 cm³/mol. The molecule has 272 valence electrons. The van der Waals surface area contributed by atoms with Crippen molar-refractivity contribution in [3.8, 4) is 55.6 Å². The molecule has 2 aromatic heterocycles. The van der Waals surface area contributed by atoms with Crippen LogP contribution in [0.2, 0.25) is 0 Å². The van der Waals surface area contributed by atoms with Crippen molar-refractivity contribution in [1.29, 1.82) is 0 Å². The molecule has 0 unspecified atom stereocenters. The van der Waals surface area contributed by atoms with Gasteiger partial charge in [0, 0.05) is 48.8 Å². The van der Waals surface area contributed by atoms with E-state index >= 15 is 0 Å². The Morgan fingerprint density at radius 2 is 0.879 bits per heavy atom. The summed E-state index contributed by atoms with van der Waals surface area (Å²) in [6, 6.07) is 62.9. The fraction of sp³-hybridized carbons (Fsp3) is 0.0545. The number of fused-ring (bicyclic) bond motifs is 12. The predicted octanol–water partition coefficient (Wildman–Crippen LogP) is 15.3. The van der Waals surface area contributed by atoms with Gasteiger partial charge in [0.15, 0.2) is 0 Å². The molecule has 0 amide bonds. The second kappa shape index (κ2) is 12.5. The maximum Gasteiger partial charge on any atom is 0.0971 e. The summed E-state index contributed by atoms with van der Waals surface area (Å²) in [6.07, 6.45) is 3.59. The van der Waals surface area contributed by atoms with E-state index < -0.39 is 0 Å². The zero-order valence-corrected chi connectivity index (χ0v) is 32.9. The van der Waals surface area contributed by atoms with Crippen LogP contribution in [0.15, 0.2) is 182 Å². The third-order valence-electron chi connectivity index (χ3n) is 12.6. The van der Waals surface area contributed by atoms with Gasteiger partial charge in [-0.25, -0.2) is 0 Å². The summed E-state index contributed by atoms with van der Waals surface area (Å²) >= 11 is 1.88. The van der Waals surface area contributed by atoms with E-state index in [2.05, 4.69) is 184 Å². The standard InChI is InChI=1S/C55H36N2S/c1-55(2)49-31-37(34-19-17-33(18-20-34)35-9-7-10-39(29-35)40-14-8-15-47-45-12-5-6-16-51(45)58-54(40)47)22-25-43(49)44-26-23-38(32-50(44)55)36-21-24-42-41-11-3-4-13-46(41)52-53(48(42)30-36)57-28-27-56-52/h3-32H,1-2H3. The molecule has 0 aliphatic heterocycles. The average molecular weight is 757 g/mol. The van der Waals surface area contributed by atoms with E-state index in [4.69, 9.17) is 9.97 Å². The molecule has 0 atom stereocenters. The second-order valence-corrected chi connectivity index (χ2v) is 17.2. The van der Waals surface area contributed by atoms with Crippen molar-refractivity contribution in [2.75, 3.05) is 0 Å². The summed E-state index contributed by atoms with van der Waals surface area (Å²) in [5, 5.41) is 7.35. The lowest BCUT2D eigenvalue weighted by Crippen LogP contribution is -2.15. The topological polar surface area (TPSA) is 25.8 Å². The minimum absolute atomic E-state index is 0.153. The van der Waals surface area contributed by atoms with E-state index in [-0.39, 0.29) is 5.41 Å². The van der Waals surface area contributed by atoms with Gasteiger partial charge in [-0.1, -0.05) is 153 Å². The maximum atomic E-state index is 4.82. The Hall–Kier alpha value is -6.94. The van der Waals surface area contributed by atoms with Gasteiger partial charge in [0.2, 0.25) is 0 Å². The normalized spacial score (nSPS) is 13.1. The number of benzene rings is 9. The Labute approximate surface area is 340 Å². The molecule has 0 spiro atoms. The first kappa shape index (κ1) is 33.2. The molecule has 9 aromatic carbocycles. The van der Waals surface area contributed by atoms with Crippen molar-refractivity contribution in [3.63, 3.8) is 0 Å². The van der Waals surface area contributed by atoms with Crippen molar-refractivity contribution in [3.05, 3.63) is 193 Å². The SMILES string of the molecule is CC1(C)c2cc(-c3ccc(-c4cccc(-c5cccc6c5sc5ccccc56)c4)cc3)ccc2-c2ccc(-c3ccc4c5ccccc5c5nccnc5c4c3)cc21. The summed E-state index contributed by atoms with van der Waals surface area (Å²) in [5.74, 6) is 0. The van der Waals surface area contributed by atoms with Crippen LogP contribution in [-0.2, 0) is 5.41 Å². The van der Waals surface area contributed by atoms with Crippen LogP contribution in [0.4, 0.5) is 0 Å². The van der Waals surface area contributed by atoms with Gasteiger partial charge >= 0.3 is 0 Å². The molecule has 3 heteroatoms. The number of hydrogen-bond acceptors (Lipinski definition) is 3. The van der Waals surface area contributed by atoms with Crippen LogP contribution >= 0.6 is 11.3 Å². The van der Waals surface area contributed by atoms with Crippen LogP contribution in [0.5, 0.6) is 0 Å². The van der Waals surface area contributed by atoms with Crippen LogP contribution in [0.1, 0.15) is 25.0 Å². The summed E-state index contributed by atoms with van der Waals surface area (Å²) in [6.45, 7) is 4.74. The van der Waals surface area contributed by atoms with E-state index in [1.807, 2.05) is 11.3 Å². The molecule has 0 bridgehead atoms. The van der Waals surface area contributed by atoms with Crippen LogP contribution < -0.4 is 0 Å². The van der Waals surface area contributed by atoms with Crippen molar-refractivity contribution >= 4 is 64.1 Å². The molecule has 12 rings (SSSR count). The van der Waals surface area contributed by atoms with Gasteiger partial charge in [0.1, 0.15) is 0 Å². The van der Waals surface area contributed by atoms with Gasteiger partial charge in [-0.05, 0) is 108 Å². The Balaban J connectivity index is 0.865. The number of rotatable bonds is 4. The molecule has 0 fully saturated rings. The number of hydrogen-bond donors (Lipinski definition) is 0. The zero-order valence-electron chi connectivity index (χ0n) is 32.1. The van der Waals surface area contributed by atoms with E-state index in [0.717, 1.165) is 21.8 Å². The number of aromatic nitrogens is 2. The Morgan fingerprint density at radius 1 is 0.362 bits per heavy atom. The van der Waals surface area contributed by atoms with E-state index in [9.17, 15) is 0 Å². The molecule has 0 saturated carbocycles. The highest BCUT2D eigenvalue weighted by Gasteiger charge is 2.36. The number of nitrogens with zero attached hydrogens (tertiary/aromatic N) is 2. The van der Waals surface area contributed by atoms with E-state index in [0.29, 0.717) is 0 Å². The third-order valence-corrected chi connectivity index (χ3v) is 13.8. The van der Waals surface area contributed by atoms with Crippen LogP contribution in [0, 0.1) is 0 Å². The first-order chi connectivity index (χ1) is 28.5. The molecule has 0 radical (unpaired) electrons. The molecular formula is C55H36N2S. The lowest BCUT2D eigenvalue weighted by molar-refractivity contribution is 0.661. The van der Waals surface area contributed by atoms with Gasteiger partial charge in [-0.2, -0.15) is 0 Å². The summed E-state index contributed by atoms with van der Waals surface area (Å²) in [7, 11) is 0. The molecule has 58 heavy (non-hydrogen) atoms. The van der Waals surface area contributed by atoms with Gasteiger partial charge in [-0.3, -0.25) is 9.97 Å². The fourth-order valence-electron chi connectivity index (χ4n) is 9.60. The monoisotopic (exact) mass is 756 g/mol. The molecule has 0 saturated heterocycles. The van der Waals surface area contributed by atoms with Gasteiger partial charge < -0.3 is 0 Å². The molecule has 1 aliphatic carbocycles. The minimum Gasteiger partial charge on any atom is -0.252 e. The Morgan fingerprint density at radius 3 is 1.62 bits per heavy atom. The zero-order chi connectivity index (χ0) is 38.5. The van der Waals surface area contributed by atoms with Crippen molar-refractivity contribution in [2.24, 2.45) is 0 Å². The smallest absolute Gasteiger partial charge is 0.0971 e. The maximum absolute atomic E-state index is 4.82. The van der Waals surface area contributed by atoms with Gasteiger partial charge in [-0.15, -0.1) is 11.3 Å². The summed E-state index contributed by atoms with van der Waals surface area (Å²) in [4.78, 5) is 9.59. The molecule has 1 aliphatic rings. The van der Waals surface area contributed by atoms with Crippen molar-refractivity contribution in [2.45, 2.75) is 19.3 Å². The quantitative estimate of drug-likeness (QED) is 0.167. The van der Waals surface area contributed by atoms with Crippen LogP contribution in [-0.4, -0.2) is 9.97 Å². The highest BCUT2D eigenvalue weighted by molar-refractivity contribution is 7.26. The van der Waals surface area contributed by atoms with E-state index in [1.54, 1.807) is 12.4 Å². The minimum atomic E-state index is -0.153. The Bertz CT molecular complexity index is 3450. The second-order valence-electron chi connectivity index (χ2n) is 16.1. The lowest BCUT2D eigenvalue weighted by Gasteiger charge is -2.23. The molecule has 0 N–H and O–H groups in total. The van der Waals surface area contributed by atoms with Crippen molar-refractivity contribution in [1.82, 2.24) is 9.97 Å². The number of thiophene rings is 1. The van der Waals surface area contributed by atoms with Gasteiger partial charge in [0.05, 0.1) is 11.0 Å². The largest absolute Gasteiger partial charge is 0.252 e.